The van der Waals surface area contributed by atoms with E-state index in [0.717, 1.165) is 42.8 Å². The summed E-state index contributed by atoms with van der Waals surface area (Å²) in [5.74, 6) is 0.484. The lowest BCUT2D eigenvalue weighted by Crippen LogP contribution is -2.31. The van der Waals surface area contributed by atoms with E-state index >= 15 is 0 Å². The third-order valence-electron chi connectivity index (χ3n) is 6.61. The van der Waals surface area contributed by atoms with Crippen LogP contribution in [0.25, 0.3) is 32.9 Å². The maximum absolute atomic E-state index is 11.9. The quantitative estimate of drug-likeness (QED) is 0.208. The molecular formula is C27H27N3O4. The molecule has 1 aliphatic rings. The average molecular weight is 458 g/mol. The Bertz CT molecular complexity index is 1420. The van der Waals surface area contributed by atoms with E-state index in [1.54, 1.807) is 6.07 Å². The van der Waals surface area contributed by atoms with Crippen molar-refractivity contribution in [2.24, 2.45) is 0 Å². The molecule has 7 heteroatoms. The Morgan fingerprint density at radius 2 is 1.94 bits per heavy atom. The van der Waals surface area contributed by atoms with Gasteiger partial charge in [0.15, 0.2) is 5.75 Å². The molecule has 0 saturated heterocycles. The summed E-state index contributed by atoms with van der Waals surface area (Å²) < 4.78 is 11.1. The van der Waals surface area contributed by atoms with Gasteiger partial charge in [-0.1, -0.05) is 37.3 Å². The van der Waals surface area contributed by atoms with Crippen LogP contribution in [0, 0.1) is 10.1 Å². The van der Waals surface area contributed by atoms with Crippen LogP contribution in [0.2, 0.25) is 0 Å². The monoisotopic (exact) mass is 457 g/mol. The zero-order valence-electron chi connectivity index (χ0n) is 19.6. The fourth-order valence-electron chi connectivity index (χ4n) is 5.01. The maximum atomic E-state index is 11.9. The summed E-state index contributed by atoms with van der Waals surface area (Å²) in [6.07, 6.45) is 0.903. The first kappa shape index (κ1) is 22.1. The molecular weight excluding hydrogens is 430 g/mol. The number of fused-ring (bicyclic) bond motifs is 5. The van der Waals surface area contributed by atoms with Crippen LogP contribution in [0.1, 0.15) is 25.0 Å². The number of ether oxygens (including phenoxy) is 2. The number of rotatable bonds is 6. The largest absolute Gasteiger partial charge is 0.490 e. The Balaban J connectivity index is 1.84. The van der Waals surface area contributed by atoms with Crippen molar-refractivity contribution < 1.29 is 14.4 Å². The number of methoxy groups -OCH3 is 1. The molecule has 174 valence electrons. The van der Waals surface area contributed by atoms with Crippen LogP contribution in [0.15, 0.2) is 48.5 Å². The van der Waals surface area contributed by atoms with Gasteiger partial charge in [-0.05, 0) is 53.9 Å². The summed E-state index contributed by atoms with van der Waals surface area (Å²) in [5.41, 5.74) is 4.61. The number of nitro groups is 1. The van der Waals surface area contributed by atoms with Gasteiger partial charge in [-0.3, -0.25) is 15.0 Å². The maximum Gasteiger partial charge on any atom is 0.315 e. The van der Waals surface area contributed by atoms with Gasteiger partial charge < -0.3 is 9.47 Å². The van der Waals surface area contributed by atoms with Gasteiger partial charge in [0.05, 0.1) is 29.9 Å². The second-order valence-corrected chi connectivity index (χ2v) is 8.43. The first-order chi connectivity index (χ1) is 16.5. The van der Waals surface area contributed by atoms with Crippen molar-refractivity contribution in [1.29, 1.82) is 0 Å². The Labute approximate surface area is 198 Å². The van der Waals surface area contributed by atoms with Crippen LogP contribution < -0.4 is 9.47 Å². The highest BCUT2D eigenvalue weighted by Gasteiger charge is 2.27. The molecule has 0 bridgehead atoms. The molecule has 0 N–H and O–H groups in total. The minimum Gasteiger partial charge on any atom is -0.490 e. The van der Waals surface area contributed by atoms with Crippen LogP contribution in [-0.4, -0.2) is 41.6 Å². The summed E-state index contributed by atoms with van der Waals surface area (Å²) in [7, 11) is 1.42. The average Bonchev–Trinajstić information content (AvgIpc) is 2.87. The molecule has 0 unspecified atom stereocenters. The van der Waals surface area contributed by atoms with Gasteiger partial charge in [0.25, 0.3) is 0 Å². The van der Waals surface area contributed by atoms with Crippen LogP contribution in [0.3, 0.4) is 0 Å². The molecule has 0 aliphatic carbocycles. The summed E-state index contributed by atoms with van der Waals surface area (Å²) in [5, 5.41) is 15.5. The smallest absolute Gasteiger partial charge is 0.315 e. The number of pyridine rings is 1. The topological polar surface area (TPSA) is 77.7 Å². The first-order valence-corrected chi connectivity index (χ1v) is 11.6. The fourth-order valence-corrected chi connectivity index (χ4v) is 5.01. The van der Waals surface area contributed by atoms with Gasteiger partial charge in [-0.2, -0.15) is 0 Å². The molecule has 0 radical (unpaired) electrons. The van der Waals surface area contributed by atoms with E-state index < -0.39 is 4.92 Å². The van der Waals surface area contributed by atoms with Crippen LogP contribution >= 0.6 is 0 Å². The Morgan fingerprint density at radius 1 is 1.12 bits per heavy atom. The van der Waals surface area contributed by atoms with Gasteiger partial charge in [0.2, 0.25) is 5.75 Å². The molecule has 4 aromatic rings. The predicted molar refractivity (Wildman–Crippen MR) is 134 cm³/mol. The van der Waals surface area contributed by atoms with Gasteiger partial charge in [0.1, 0.15) is 0 Å². The van der Waals surface area contributed by atoms with Gasteiger partial charge in [0, 0.05) is 30.1 Å². The predicted octanol–water partition coefficient (Wildman–Crippen LogP) is 5.75. The fraction of sp³-hybridized carbons (Fsp3) is 0.296. The summed E-state index contributed by atoms with van der Waals surface area (Å²) in [6, 6.07) is 15.9. The highest BCUT2D eigenvalue weighted by molar-refractivity contribution is 6.09. The minimum atomic E-state index is -0.426. The molecule has 0 saturated carbocycles. The Hall–Kier alpha value is -3.71. The van der Waals surface area contributed by atoms with E-state index in [9.17, 15) is 10.1 Å². The lowest BCUT2D eigenvalue weighted by Gasteiger charge is -2.30. The third kappa shape index (κ3) is 3.62. The van der Waals surface area contributed by atoms with E-state index in [1.807, 2.05) is 19.1 Å². The lowest BCUT2D eigenvalue weighted by molar-refractivity contribution is -0.385. The van der Waals surface area contributed by atoms with E-state index in [4.69, 9.17) is 14.5 Å². The minimum absolute atomic E-state index is 0.124. The van der Waals surface area contributed by atoms with Gasteiger partial charge in [-0.15, -0.1) is 0 Å². The zero-order chi connectivity index (χ0) is 23.8. The van der Waals surface area contributed by atoms with E-state index in [2.05, 4.69) is 42.2 Å². The van der Waals surface area contributed by atoms with Crippen molar-refractivity contribution in [2.45, 2.75) is 26.8 Å². The Kier molecular flexibility index (Phi) is 5.79. The highest BCUT2D eigenvalue weighted by Crippen LogP contribution is 2.43. The molecule has 0 atom stereocenters. The van der Waals surface area contributed by atoms with Crippen molar-refractivity contribution in [1.82, 2.24) is 9.88 Å². The molecule has 2 heterocycles. The molecule has 0 fully saturated rings. The van der Waals surface area contributed by atoms with Crippen LogP contribution in [-0.2, 0) is 13.0 Å². The lowest BCUT2D eigenvalue weighted by atomic mass is 9.89. The molecule has 1 aliphatic heterocycles. The van der Waals surface area contributed by atoms with Crippen molar-refractivity contribution in [3.63, 3.8) is 0 Å². The number of hydrogen-bond acceptors (Lipinski definition) is 6. The van der Waals surface area contributed by atoms with Gasteiger partial charge >= 0.3 is 5.69 Å². The standard InChI is InChI=1S/C27H27N3O4/c1-4-29-13-12-20-21(16-29)26(28-22-11-10-17-8-6-7-9-19(17)25(20)22)18-14-23(30(31)32)27(33-3)24(15-18)34-5-2/h6-11,14-15H,4-5,12-13,16H2,1-3H3. The van der Waals surface area contributed by atoms with E-state index in [-0.39, 0.29) is 11.4 Å². The molecule has 7 nitrogen and oxygen atoms in total. The van der Waals surface area contributed by atoms with E-state index in [1.165, 1.54) is 28.8 Å². The van der Waals surface area contributed by atoms with Crippen LogP contribution in [0.5, 0.6) is 11.5 Å². The molecule has 5 rings (SSSR count). The molecule has 0 amide bonds. The van der Waals surface area contributed by atoms with E-state index in [0.29, 0.717) is 17.9 Å². The van der Waals surface area contributed by atoms with Gasteiger partial charge in [-0.25, -0.2) is 4.98 Å². The second-order valence-electron chi connectivity index (χ2n) is 8.43. The molecule has 34 heavy (non-hydrogen) atoms. The summed E-state index contributed by atoms with van der Waals surface area (Å²) in [6.45, 7) is 7.02. The molecule has 0 spiro atoms. The molecule has 3 aromatic carbocycles. The number of nitro benzene ring substituents is 1. The SMILES string of the molecule is CCOc1cc(-c2nc3ccc4ccccc4c3c3c2CN(CC)CC3)cc([N+](=O)[O-])c1OC. The number of benzene rings is 3. The number of aromatic nitrogens is 1. The summed E-state index contributed by atoms with van der Waals surface area (Å²) >= 11 is 0. The Morgan fingerprint density at radius 3 is 2.68 bits per heavy atom. The highest BCUT2D eigenvalue weighted by atomic mass is 16.6. The normalized spacial score (nSPS) is 13.7. The van der Waals surface area contributed by atoms with Crippen molar-refractivity contribution in [3.8, 4) is 22.8 Å². The second kappa shape index (κ2) is 8.91. The number of nitrogens with zero attached hydrogens (tertiary/aromatic N) is 3. The molecule has 1 aromatic heterocycles. The summed E-state index contributed by atoms with van der Waals surface area (Å²) in [4.78, 5) is 19.0. The van der Waals surface area contributed by atoms with Crippen LogP contribution in [0.4, 0.5) is 5.69 Å². The van der Waals surface area contributed by atoms with Crippen molar-refractivity contribution in [3.05, 3.63) is 69.8 Å². The number of hydrogen-bond donors (Lipinski definition) is 0. The first-order valence-electron chi connectivity index (χ1n) is 11.6. The number of likely N-dealkylation sites (N-methyl/N-ethyl adjacent to an activating group) is 1. The third-order valence-corrected chi connectivity index (χ3v) is 6.61. The van der Waals surface area contributed by atoms with Crippen molar-refractivity contribution >= 4 is 27.4 Å². The van der Waals surface area contributed by atoms with Crippen molar-refractivity contribution in [2.75, 3.05) is 26.8 Å². The zero-order valence-corrected chi connectivity index (χ0v) is 19.6.